The van der Waals surface area contributed by atoms with Crippen molar-refractivity contribution in [1.82, 2.24) is 9.97 Å². The van der Waals surface area contributed by atoms with Crippen LogP contribution >= 0.6 is 0 Å². The maximum absolute atomic E-state index is 12.1. The van der Waals surface area contributed by atoms with Crippen molar-refractivity contribution >= 4 is 16.9 Å². The predicted octanol–water partition coefficient (Wildman–Crippen LogP) is 4.58. The van der Waals surface area contributed by atoms with Crippen molar-refractivity contribution in [3.8, 4) is 28.8 Å². The number of hydrogen-bond donors (Lipinski definition) is 1. The van der Waals surface area contributed by atoms with Gasteiger partial charge in [-0.25, -0.2) is 9.78 Å². The number of aromatic hydroxyl groups is 1. The van der Waals surface area contributed by atoms with Gasteiger partial charge in [0.05, 0.1) is 23.6 Å². The number of hydrogen-bond acceptors (Lipinski definition) is 6. The number of phenols is 1. The Balaban J connectivity index is 1.88. The van der Waals surface area contributed by atoms with Gasteiger partial charge in [-0.2, -0.15) is 4.98 Å². The summed E-state index contributed by atoms with van der Waals surface area (Å²) in [5, 5.41) is 10.9. The summed E-state index contributed by atoms with van der Waals surface area (Å²) in [6, 6.07) is 21.0. The average molecular weight is 372 g/mol. The third-order valence-electron chi connectivity index (χ3n) is 4.21. The molecule has 3 aromatic carbocycles. The van der Waals surface area contributed by atoms with E-state index in [-0.39, 0.29) is 17.2 Å². The van der Waals surface area contributed by atoms with Crippen LogP contribution < -0.4 is 4.74 Å². The Kier molecular flexibility index (Phi) is 4.60. The summed E-state index contributed by atoms with van der Waals surface area (Å²) in [5.74, 6) is 0.484. The highest BCUT2D eigenvalue weighted by Gasteiger charge is 2.17. The van der Waals surface area contributed by atoms with Crippen LogP contribution in [0.1, 0.15) is 10.4 Å². The molecule has 4 rings (SSSR count). The second-order valence-electron chi connectivity index (χ2n) is 5.98. The minimum Gasteiger partial charge on any atom is -0.507 e. The Hall–Kier alpha value is -3.93. The van der Waals surface area contributed by atoms with E-state index in [0.29, 0.717) is 28.0 Å². The van der Waals surface area contributed by atoms with Crippen molar-refractivity contribution in [3.05, 3.63) is 78.4 Å². The fourth-order valence-corrected chi connectivity index (χ4v) is 2.85. The molecule has 0 saturated carbocycles. The number of para-hydroxylation sites is 3. The molecule has 0 radical (unpaired) electrons. The highest BCUT2D eigenvalue weighted by molar-refractivity contribution is 5.93. The molecule has 1 aromatic heterocycles. The Morgan fingerprint density at radius 2 is 1.61 bits per heavy atom. The van der Waals surface area contributed by atoms with Gasteiger partial charge in [-0.15, -0.1) is 0 Å². The number of methoxy groups -OCH3 is 1. The van der Waals surface area contributed by atoms with E-state index in [2.05, 4.69) is 9.97 Å². The lowest BCUT2D eigenvalue weighted by Crippen LogP contribution is -2.04. The summed E-state index contributed by atoms with van der Waals surface area (Å²) >= 11 is 0. The van der Waals surface area contributed by atoms with E-state index in [1.165, 1.54) is 7.11 Å². The maximum Gasteiger partial charge on any atom is 0.341 e. The molecule has 0 saturated heterocycles. The Morgan fingerprint density at radius 1 is 0.893 bits per heavy atom. The molecule has 0 aliphatic heterocycles. The van der Waals surface area contributed by atoms with E-state index in [9.17, 15) is 9.90 Å². The Labute approximate surface area is 161 Å². The lowest BCUT2D eigenvalue weighted by atomic mass is 10.1. The van der Waals surface area contributed by atoms with Crippen LogP contribution in [0.15, 0.2) is 72.8 Å². The van der Waals surface area contributed by atoms with Crippen molar-refractivity contribution in [2.45, 2.75) is 0 Å². The largest absolute Gasteiger partial charge is 0.507 e. The molecule has 1 N–H and O–H groups in total. The van der Waals surface area contributed by atoms with Gasteiger partial charge in [-0.1, -0.05) is 36.4 Å². The van der Waals surface area contributed by atoms with Crippen LogP contribution in [0, 0.1) is 0 Å². The maximum atomic E-state index is 12.1. The number of carbonyl (C=O) groups is 1. The second kappa shape index (κ2) is 7.36. The molecule has 4 aromatic rings. The third kappa shape index (κ3) is 3.23. The molecule has 1 heterocycles. The summed E-state index contributed by atoms with van der Waals surface area (Å²) in [7, 11) is 1.31. The molecular formula is C22H16N2O4. The highest BCUT2D eigenvalue weighted by Crippen LogP contribution is 2.34. The fraction of sp³-hybridized carbons (Fsp3) is 0.0455. The molecule has 0 bridgehead atoms. The fourth-order valence-electron chi connectivity index (χ4n) is 2.85. The van der Waals surface area contributed by atoms with Crippen LogP contribution in [0.3, 0.4) is 0 Å². The third-order valence-corrected chi connectivity index (χ3v) is 4.21. The zero-order chi connectivity index (χ0) is 19.5. The van der Waals surface area contributed by atoms with Crippen molar-refractivity contribution in [2.24, 2.45) is 0 Å². The second-order valence-corrected chi connectivity index (χ2v) is 5.98. The zero-order valence-corrected chi connectivity index (χ0v) is 15.0. The predicted molar refractivity (Wildman–Crippen MR) is 104 cm³/mol. The number of nitrogens with zero attached hydrogens (tertiary/aromatic N) is 2. The monoisotopic (exact) mass is 372 g/mol. The van der Waals surface area contributed by atoms with E-state index in [1.54, 1.807) is 48.5 Å². The first kappa shape index (κ1) is 17.5. The number of rotatable bonds is 4. The van der Waals surface area contributed by atoms with Crippen LogP contribution in [-0.2, 0) is 4.74 Å². The summed E-state index contributed by atoms with van der Waals surface area (Å²) in [6.07, 6.45) is 0. The zero-order valence-electron chi connectivity index (χ0n) is 15.0. The van der Waals surface area contributed by atoms with E-state index in [0.717, 1.165) is 0 Å². The molecule has 0 amide bonds. The first-order valence-corrected chi connectivity index (χ1v) is 8.57. The highest BCUT2D eigenvalue weighted by atomic mass is 16.5. The van der Waals surface area contributed by atoms with Crippen LogP contribution in [0.5, 0.6) is 17.4 Å². The van der Waals surface area contributed by atoms with Crippen molar-refractivity contribution in [3.63, 3.8) is 0 Å². The molecule has 0 fully saturated rings. The minimum absolute atomic E-state index is 0.0682. The van der Waals surface area contributed by atoms with Crippen LogP contribution in [0.2, 0.25) is 0 Å². The van der Waals surface area contributed by atoms with Gasteiger partial charge in [0.15, 0.2) is 5.82 Å². The topological polar surface area (TPSA) is 81.5 Å². The van der Waals surface area contributed by atoms with Gasteiger partial charge in [0.25, 0.3) is 0 Å². The van der Waals surface area contributed by atoms with Gasteiger partial charge in [-0.05, 0) is 36.4 Å². The average Bonchev–Trinajstić information content (AvgIpc) is 2.74. The summed E-state index contributed by atoms with van der Waals surface area (Å²) in [5.41, 5.74) is 1.43. The lowest BCUT2D eigenvalue weighted by Gasteiger charge is -2.12. The molecule has 0 spiro atoms. The number of carbonyl (C=O) groups excluding carboxylic acids is 1. The molecule has 0 unspecified atom stereocenters. The van der Waals surface area contributed by atoms with E-state index in [1.807, 2.05) is 24.3 Å². The lowest BCUT2D eigenvalue weighted by molar-refractivity contribution is 0.0598. The SMILES string of the molecule is COC(=O)c1ccccc1Oc1nc(-c2ccccc2O)nc2ccccc12. The van der Waals surface area contributed by atoms with Gasteiger partial charge in [0.2, 0.25) is 5.88 Å². The summed E-state index contributed by atoms with van der Waals surface area (Å²) in [6.45, 7) is 0. The van der Waals surface area contributed by atoms with Crippen molar-refractivity contribution in [1.29, 1.82) is 0 Å². The number of esters is 1. The smallest absolute Gasteiger partial charge is 0.341 e. The first-order valence-electron chi connectivity index (χ1n) is 8.57. The van der Waals surface area contributed by atoms with Crippen LogP contribution in [0.4, 0.5) is 0 Å². The number of ether oxygens (including phenoxy) is 2. The van der Waals surface area contributed by atoms with E-state index < -0.39 is 5.97 Å². The molecule has 0 atom stereocenters. The molecule has 0 aliphatic rings. The van der Waals surface area contributed by atoms with Gasteiger partial charge >= 0.3 is 5.97 Å². The Bertz CT molecular complexity index is 1170. The number of phenolic OH excluding ortho intramolecular Hbond substituents is 1. The number of benzene rings is 3. The van der Waals surface area contributed by atoms with E-state index >= 15 is 0 Å². The van der Waals surface area contributed by atoms with Crippen LogP contribution in [0.25, 0.3) is 22.3 Å². The Morgan fingerprint density at radius 3 is 2.43 bits per heavy atom. The number of aromatic nitrogens is 2. The number of fused-ring (bicyclic) bond motifs is 1. The molecule has 6 nitrogen and oxygen atoms in total. The molecule has 138 valence electrons. The summed E-state index contributed by atoms with van der Waals surface area (Å²) in [4.78, 5) is 21.1. The van der Waals surface area contributed by atoms with Gasteiger partial charge < -0.3 is 14.6 Å². The first-order chi connectivity index (χ1) is 13.7. The van der Waals surface area contributed by atoms with Crippen molar-refractivity contribution in [2.75, 3.05) is 7.11 Å². The molecule has 28 heavy (non-hydrogen) atoms. The quantitative estimate of drug-likeness (QED) is 0.528. The van der Waals surface area contributed by atoms with Gasteiger partial charge in [0, 0.05) is 0 Å². The molecule has 6 heteroatoms. The van der Waals surface area contributed by atoms with Gasteiger partial charge in [-0.3, -0.25) is 0 Å². The normalized spacial score (nSPS) is 10.6. The standard InChI is InChI=1S/C22H16N2O4/c1-27-22(26)16-10-4-7-13-19(16)28-21-14-8-2-5-11-17(14)23-20(24-21)15-9-3-6-12-18(15)25/h2-13,25H,1H3. The summed E-state index contributed by atoms with van der Waals surface area (Å²) < 4.78 is 10.8. The minimum atomic E-state index is -0.505. The molecular weight excluding hydrogens is 356 g/mol. The van der Waals surface area contributed by atoms with Crippen molar-refractivity contribution < 1.29 is 19.4 Å². The van der Waals surface area contributed by atoms with Gasteiger partial charge in [0.1, 0.15) is 17.1 Å². The van der Waals surface area contributed by atoms with Crippen LogP contribution in [-0.4, -0.2) is 28.2 Å². The molecule has 0 aliphatic carbocycles. The van der Waals surface area contributed by atoms with E-state index in [4.69, 9.17) is 9.47 Å².